The molecule has 1 aromatic heterocycles. The van der Waals surface area contributed by atoms with E-state index >= 15 is 0 Å². The van der Waals surface area contributed by atoms with Gasteiger partial charge in [-0.2, -0.15) is 0 Å². The Morgan fingerprint density at radius 1 is 1.25 bits per heavy atom. The molecule has 128 valence electrons. The number of rotatable bonds is 4. The zero-order valence-corrected chi connectivity index (χ0v) is 15.2. The van der Waals surface area contributed by atoms with E-state index in [0.717, 1.165) is 5.56 Å². The van der Waals surface area contributed by atoms with Gasteiger partial charge in [-0.05, 0) is 36.2 Å². The first-order chi connectivity index (χ1) is 11.2. The first-order valence-corrected chi connectivity index (χ1v) is 8.30. The number of hydrogen-bond donors (Lipinski definition) is 0. The van der Waals surface area contributed by atoms with Crippen molar-refractivity contribution in [2.75, 3.05) is 12.4 Å². The van der Waals surface area contributed by atoms with Crippen molar-refractivity contribution < 1.29 is 9.53 Å². The van der Waals surface area contributed by atoms with Crippen LogP contribution in [0.25, 0.3) is 0 Å². The van der Waals surface area contributed by atoms with E-state index in [-0.39, 0.29) is 24.4 Å². The molecule has 1 aromatic carbocycles. The summed E-state index contributed by atoms with van der Waals surface area (Å²) >= 11 is 11.8. The van der Waals surface area contributed by atoms with Crippen molar-refractivity contribution in [2.24, 2.45) is 0 Å². The minimum Gasteiger partial charge on any atom is -0.472 e. The van der Waals surface area contributed by atoms with E-state index in [9.17, 15) is 4.79 Å². The molecule has 7 heteroatoms. The molecule has 0 fully saturated rings. The molecular weight excluding hydrogens is 371 g/mol. The molecule has 0 saturated heterocycles. The van der Waals surface area contributed by atoms with Crippen molar-refractivity contribution in [3.63, 3.8) is 0 Å². The molecule has 1 aliphatic rings. The minimum atomic E-state index is -0.167. The van der Waals surface area contributed by atoms with E-state index in [4.69, 9.17) is 27.9 Å². The quantitative estimate of drug-likeness (QED) is 0.739. The lowest BCUT2D eigenvalue weighted by molar-refractivity contribution is 0.0691. The summed E-state index contributed by atoms with van der Waals surface area (Å²) in [5, 5.41) is 0.675. The number of carbonyl (C=O) groups is 1. The summed E-state index contributed by atoms with van der Waals surface area (Å²) < 4.78 is 5.88. The number of carbonyl (C=O) groups excluding carboxylic acids is 1. The highest BCUT2D eigenvalue weighted by Gasteiger charge is 2.29. The minimum absolute atomic E-state index is 0. The highest BCUT2D eigenvalue weighted by Crippen LogP contribution is 2.25. The van der Waals surface area contributed by atoms with Crippen molar-refractivity contribution in [2.45, 2.75) is 19.1 Å². The maximum atomic E-state index is 12.8. The summed E-state index contributed by atoms with van der Waals surface area (Å²) in [6.07, 6.45) is 2.11. The summed E-state index contributed by atoms with van der Waals surface area (Å²) in [7, 11) is 0. The van der Waals surface area contributed by atoms with E-state index in [0.29, 0.717) is 41.9 Å². The molecule has 0 bridgehead atoms. The number of nitrogens with zero attached hydrogens (tertiary/aromatic N) is 2. The lowest BCUT2D eigenvalue weighted by Crippen LogP contribution is -2.36. The molecular formula is C17H17Cl3N2O2. The number of benzene rings is 1. The zero-order chi connectivity index (χ0) is 16.2. The van der Waals surface area contributed by atoms with Crippen molar-refractivity contribution in [1.82, 2.24) is 9.88 Å². The van der Waals surface area contributed by atoms with E-state index in [2.05, 4.69) is 4.98 Å². The first-order valence-electron chi connectivity index (χ1n) is 7.38. The number of aromatic nitrogens is 1. The highest BCUT2D eigenvalue weighted by atomic mass is 35.5. The van der Waals surface area contributed by atoms with Gasteiger partial charge in [0, 0.05) is 23.6 Å². The van der Waals surface area contributed by atoms with E-state index in [1.165, 1.54) is 0 Å². The summed E-state index contributed by atoms with van der Waals surface area (Å²) in [6, 6.07) is 11.0. The van der Waals surface area contributed by atoms with Crippen LogP contribution >= 0.6 is 35.6 Å². The Kier molecular flexibility index (Phi) is 6.72. The van der Waals surface area contributed by atoms with Gasteiger partial charge in [-0.15, -0.1) is 24.0 Å². The largest absolute Gasteiger partial charge is 0.472 e. The third kappa shape index (κ3) is 4.32. The molecule has 1 atom stereocenters. The van der Waals surface area contributed by atoms with Crippen LogP contribution in [0.1, 0.15) is 22.3 Å². The third-order valence-electron chi connectivity index (χ3n) is 3.71. The molecule has 4 nitrogen and oxygen atoms in total. The summed E-state index contributed by atoms with van der Waals surface area (Å²) in [6.45, 7) is 0.969. The van der Waals surface area contributed by atoms with E-state index < -0.39 is 0 Å². The Morgan fingerprint density at radius 3 is 2.71 bits per heavy atom. The van der Waals surface area contributed by atoms with Gasteiger partial charge < -0.3 is 9.64 Å². The molecule has 3 rings (SSSR count). The molecule has 24 heavy (non-hydrogen) atoms. The molecule has 1 amide bonds. The second-order valence-electron chi connectivity index (χ2n) is 5.39. The average Bonchev–Trinajstić information content (AvgIpc) is 2.68. The number of alkyl halides is 1. The monoisotopic (exact) mass is 386 g/mol. The Balaban J connectivity index is 0.00000208. The predicted octanol–water partition coefficient (Wildman–Crippen LogP) is 4.19. The van der Waals surface area contributed by atoms with Crippen LogP contribution in [0.3, 0.4) is 0 Å². The smallest absolute Gasteiger partial charge is 0.259 e. The van der Waals surface area contributed by atoms with Crippen LogP contribution in [0.5, 0.6) is 5.88 Å². The van der Waals surface area contributed by atoms with Gasteiger partial charge in [0.25, 0.3) is 5.91 Å². The Hall–Kier alpha value is -1.49. The lowest BCUT2D eigenvalue weighted by Gasteiger charge is -2.23. The van der Waals surface area contributed by atoms with Crippen LogP contribution in [-0.2, 0) is 6.54 Å². The number of pyridine rings is 1. The maximum Gasteiger partial charge on any atom is 0.259 e. The van der Waals surface area contributed by atoms with Gasteiger partial charge in [0.2, 0.25) is 5.88 Å². The van der Waals surface area contributed by atoms with Crippen LogP contribution in [0, 0.1) is 0 Å². The molecule has 0 radical (unpaired) electrons. The Labute approximate surface area is 157 Å². The SMILES string of the molecule is Cl.O=C1c2cccnc2OC(CCCl)CN1Cc1ccc(Cl)cc1. The van der Waals surface area contributed by atoms with Crippen molar-refractivity contribution in [3.05, 3.63) is 58.7 Å². The van der Waals surface area contributed by atoms with Gasteiger partial charge in [-0.3, -0.25) is 4.79 Å². The van der Waals surface area contributed by atoms with Gasteiger partial charge in [0.15, 0.2) is 0 Å². The maximum absolute atomic E-state index is 12.8. The normalized spacial score (nSPS) is 16.7. The summed E-state index contributed by atoms with van der Waals surface area (Å²) in [5.74, 6) is 0.766. The fourth-order valence-electron chi connectivity index (χ4n) is 2.56. The van der Waals surface area contributed by atoms with Crippen LogP contribution in [0.2, 0.25) is 5.02 Å². The van der Waals surface area contributed by atoms with Crippen LogP contribution < -0.4 is 4.74 Å². The van der Waals surface area contributed by atoms with Gasteiger partial charge in [0.1, 0.15) is 11.7 Å². The molecule has 0 saturated carbocycles. The fourth-order valence-corrected chi connectivity index (χ4v) is 2.93. The second kappa shape index (κ2) is 8.56. The van der Waals surface area contributed by atoms with Gasteiger partial charge in [-0.25, -0.2) is 4.98 Å². The van der Waals surface area contributed by atoms with Crippen molar-refractivity contribution >= 4 is 41.5 Å². The van der Waals surface area contributed by atoms with Gasteiger partial charge in [-0.1, -0.05) is 23.7 Å². The molecule has 2 heterocycles. The average molecular weight is 388 g/mol. The standard InChI is InChI=1S/C17H16Cl2N2O2.ClH/c18-8-7-14-11-21(10-12-3-5-13(19)6-4-12)17(22)15-2-1-9-20-16(15)23-14;/h1-6,9,14H,7-8,10-11H2;1H. The first kappa shape index (κ1) is 18.8. The topological polar surface area (TPSA) is 42.4 Å². The van der Waals surface area contributed by atoms with Crippen molar-refractivity contribution in [1.29, 1.82) is 0 Å². The van der Waals surface area contributed by atoms with Crippen LogP contribution in [-0.4, -0.2) is 34.3 Å². The highest BCUT2D eigenvalue weighted by molar-refractivity contribution is 6.30. The zero-order valence-electron chi connectivity index (χ0n) is 12.8. The van der Waals surface area contributed by atoms with Gasteiger partial charge in [0.05, 0.1) is 6.54 Å². The third-order valence-corrected chi connectivity index (χ3v) is 4.18. The summed E-state index contributed by atoms with van der Waals surface area (Å²) in [4.78, 5) is 18.8. The lowest BCUT2D eigenvalue weighted by atomic mass is 10.1. The Bertz CT molecular complexity index is 694. The van der Waals surface area contributed by atoms with Crippen LogP contribution in [0.15, 0.2) is 42.6 Å². The number of hydrogen-bond acceptors (Lipinski definition) is 3. The second-order valence-corrected chi connectivity index (χ2v) is 6.20. The van der Waals surface area contributed by atoms with E-state index in [1.807, 2.05) is 24.3 Å². The molecule has 0 spiro atoms. The molecule has 0 aliphatic carbocycles. The van der Waals surface area contributed by atoms with Gasteiger partial charge >= 0.3 is 0 Å². The fraction of sp³-hybridized carbons (Fsp3) is 0.294. The number of amides is 1. The number of halogens is 3. The predicted molar refractivity (Wildman–Crippen MR) is 97.4 cm³/mol. The van der Waals surface area contributed by atoms with Crippen molar-refractivity contribution in [3.8, 4) is 5.88 Å². The molecule has 0 N–H and O–H groups in total. The summed E-state index contributed by atoms with van der Waals surface area (Å²) in [5.41, 5.74) is 1.50. The molecule has 1 unspecified atom stereocenters. The Morgan fingerprint density at radius 2 is 2.00 bits per heavy atom. The van der Waals surface area contributed by atoms with Crippen LogP contribution in [0.4, 0.5) is 0 Å². The molecule has 1 aliphatic heterocycles. The number of ether oxygens (including phenoxy) is 1. The number of fused-ring (bicyclic) bond motifs is 1. The molecule has 2 aromatic rings. The van der Waals surface area contributed by atoms with E-state index in [1.54, 1.807) is 23.2 Å².